The second-order valence-electron chi connectivity index (χ2n) is 3.81. The molecular weight excluding hydrogens is 228 g/mol. The van der Waals surface area contributed by atoms with Gasteiger partial charge in [0.05, 0.1) is 19.9 Å². The Morgan fingerprint density at radius 3 is 2.28 bits per heavy atom. The number of anilines is 3. The molecule has 0 unspecified atom stereocenters. The predicted octanol–water partition coefficient (Wildman–Crippen LogP) is 3.03. The zero-order valence-electron chi connectivity index (χ0n) is 10.4. The van der Waals surface area contributed by atoms with Crippen LogP contribution in [0.4, 0.5) is 17.1 Å². The van der Waals surface area contributed by atoms with E-state index in [9.17, 15) is 0 Å². The van der Waals surface area contributed by atoms with Gasteiger partial charge in [-0.05, 0) is 36.4 Å². The molecule has 0 spiro atoms. The summed E-state index contributed by atoms with van der Waals surface area (Å²) in [6, 6.07) is 13.1. The number of nitrogen functional groups attached to an aromatic ring is 1. The van der Waals surface area contributed by atoms with Gasteiger partial charge in [-0.2, -0.15) is 0 Å². The van der Waals surface area contributed by atoms with Crippen LogP contribution in [0.1, 0.15) is 0 Å². The Morgan fingerprint density at radius 1 is 0.944 bits per heavy atom. The van der Waals surface area contributed by atoms with E-state index < -0.39 is 0 Å². The molecule has 0 aliphatic rings. The highest BCUT2D eigenvalue weighted by Crippen LogP contribution is 2.31. The van der Waals surface area contributed by atoms with E-state index in [0.29, 0.717) is 0 Å². The van der Waals surface area contributed by atoms with Crippen LogP contribution in [0, 0.1) is 0 Å². The standard InChI is InChI=1S/C14H16N2O2/c1-17-12-7-8-13(14(9-12)18-2)16-11-5-3-10(15)4-6-11/h3-9,16H,15H2,1-2H3. The first-order chi connectivity index (χ1) is 8.72. The molecule has 0 heterocycles. The first-order valence-electron chi connectivity index (χ1n) is 5.57. The average molecular weight is 244 g/mol. The van der Waals surface area contributed by atoms with E-state index in [1.165, 1.54) is 0 Å². The molecule has 94 valence electrons. The lowest BCUT2D eigenvalue weighted by Gasteiger charge is -2.12. The van der Waals surface area contributed by atoms with Crippen LogP contribution < -0.4 is 20.5 Å². The van der Waals surface area contributed by atoms with E-state index in [-0.39, 0.29) is 0 Å². The van der Waals surface area contributed by atoms with Crippen LogP contribution in [0.2, 0.25) is 0 Å². The van der Waals surface area contributed by atoms with Gasteiger partial charge in [0.1, 0.15) is 11.5 Å². The summed E-state index contributed by atoms with van der Waals surface area (Å²) in [5.41, 5.74) is 8.21. The largest absolute Gasteiger partial charge is 0.497 e. The third-order valence-corrected chi connectivity index (χ3v) is 2.60. The first-order valence-corrected chi connectivity index (χ1v) is 5.57. The van der Waals surface area contributed by atoms with Gasteiger partial charge < -0.3 is 20.5 Å². The smallest absolute Gasteiger partial charge is 0.145 e. The molecule has 0 amide bonds. The van der Waals surface area contributed by atoms with Gasteiger partial charge in [-0.1, -0.05) is 0 Å². The van der Waals surface area contributed by atoms with Crippen molar-refractivity contribution in [2.24, 2.45) is 0 Å². The lowest BCUT2D eigenvalue weighted by molar-refractivity contribution is 0.395. The van der Waals surface area contributed by atoms with Gasteiger partial charge in [-0.3, -0.25) is 0 Å². The first kappa shape index (κ1) is 12.1. The molecule has 2 rings (SSSR count). The molecule has 0 saturated carbocycles. The molecule has 0 bridgehead atoms. The summed E-state index contributed by atoms with van der Waals surface area (Å²) in [5, 5.41) is 3.27. The summed E-state index contributed by atoms with van der Waals surface area (Å²) < 4.78 is 10.5. The average Bonchev–Trinajstić information content (AvgIpc) is 2.41. The van der Waals surface area contributed by atoms with Gasteiger partial charge in [0.2, 0.25) is 0 Å². The van der Waals surface area contributed by atoms with Crippen molar-refractivity contribution in [1.29, 1.82) is 0 Å². The highest BCUT2D eigenvalue weighted by atomic mass is 16.5. The van der Waals surface area contributed by atoms with Crippen LogP contribution in [-0.4, -0.2) is 14.2 Å². The molecule has 4 nitrogen and oxygen atoms in total. The maximum absolute atomic E-state index is 5.65. The minimum absolute atomic E-state index is 0.728. The van der Waals surface area contributed by atoms with Crippen LogP contribution in [0.5, 0.6) is 11.5 Å². The number of methoxy groups -OCH3 is 2. The molecule has 0 aliphatic carbocycles. The number of nitrogens with one attached hydrogen (secondary N) is 1. The minimum atomic E-state index is 0.728. The molecule has 2 aromatic rings. The van der Waals surface area contributed by atoms with Crippen LogP contribution in [0.3, 0.4) is 0 Å². The van der Waals surface area contributed by atoms with Crippen LogP contribution in [-0.2, 0) is 0 Å². The van der Waals surface area contributed by atoms with Crippen molar-refractivity contribution in [2.75, 3.05) is 25.3 Å². The van der Waals surface area contributed by atoms with Crippen molar-refractivity contribution < 1.29 is 9.47 Å². The molecule has 0 aliphatic heterocycles. The number of benzene rings is 2. The Morgan fingerprint density at radius 2 is 1.67 bits per heavy atom. The fraction of sp³-hybridized carbons (Fsp3) is 0.143. The molecule has 18 heavy (non-hydrogen) atoms. The zero-order valence-corrected chi connectivity index (χ0v) is 10.4. The van der Waals surface area contributed by atoms with Crippen molar-refractivity contribution in [3.05, 3.63) is 42.5 Å². The summed E-state index contributed by atoms with van der Waals surface area (Å²) in [5.74, 6) is 1.49. The second kappa shape index (κ2) is 5.31. The Balaban J connectivity index is 2.25. The molecule has 3 N–H and O–H groups in total. The number of hydrogen-bond acceptors (Lipinski definition) is 4. The normalized spacial score (nSPS) is 9.89. The number of rotatable bonds is 4. The van der Waals surface area contributed by atoms with Gasteiger partial charge >= 0.3 is 0 Å². The SMILES string of the molecule is COc1ccc(Nc2ccc(N)cc2)c(OC)c1. The number of ether oxygens (including phenoxy) is 2. The fourth-order valence-corrected chi connectivity index (χ4v) is 1.62. The second-order valence-corrected chi connectivity index (χ2v) is 3.81. The van der Waals surface area contributed by atoms with E-state index in [1.807, 2.05) is 42.5 Å². The molecule has 0 saturated heterocycles. The Labute approximate surface area is 106 Å². The lowest BCUT2D eigenvalue weighted by atomic mass is 10.2. The highest BCUT2D eigenvalue weighted by Gasteiger charge is 2.05. The van der Waals surface area contributed by atoms with Crippen LogP contribution in [0.15, 0.2) is 42.5 Å². The van der Waals surface area contributed by atoms with Crippen LogP contribution >= 0.6 is 0 Å². The van der Waals surface area contributed by atoms with Crippen molar-refractivity contribution in [3.63, 3.8) is 0 Å². The quantitative estimate of drug-likeness (QED) is 0.812. The molecule has 0 aromatic heterocycles. The van der Waals surface area contributed by atoms with Gasteiger partial charge in [-0.25, -0.2) is 0 Å². The van der Waals surface area contributed by atoms with E-state index in [0.717, 1.165) is 28.6 Å². The monoisotopic (exact) mass is 244 g/mol. The molecule has 0 radical (unpaired) electrons. The maximum Gasteiger partial charge on any atom is 0.145 e. The molecule has 0 fully saturated rings. The molecule has 2 aromatic carbocycles. The van der Waals surface area contributed by atoms with Crippen molar-refractivity contribution >= 4 is 17.1 Å². The maximum atomic E-state index is 5.65. The molecule has 4 heteroatoms. The zero-order chi connectivity index (χ0) is 13.0. The summed E-state index contributed by atoms with van der Waals surface area (Å²) in [7, 11) is 3.25. The van der Waals surface area contributed by atoms with Gasteiger partial charge in [0, 0.05) is 17.4 Å². The summed E-state index contributed by atoms with van der Waals surface area (Å²) in [6.07, 6.45) is 0. The van der Waals surface area contributed by atoms with Crippen LogP contribution in [0.25, 0.3) is 0 Å². The van der Waals surface area contributed by atoms with E-state index in [4.69, 9.17) is 15.2 Å². The van der Waals surface area contributed by atoms with Gasteiger partial charge in [0.25, 0.3) is 0 Å². The van der Waals surface area contributed by atoms with Crippen molar-refractivity contribution in [1.82, 2.24) is 0 Å². The van der Waals surface area contributed by atoms with Crippen molar-refractivity contribution in [3.8, 4) is 11.5 Å². The third kappa shape index (κ3) is 2.66. The van der Waals surface area contributed by atoms with E-state index in [1.54, 1.807) is 14.2 Å². The van der Waals surface area contributed by atoms with E-state index >= 15 is 0 Å². The predicted molar refractivity (Wildman–Crippen MR) is 73.7 cm³/mol. The topological polar surface area (TPSA) is 56.5 Å². The van der Waals surface area contributed by atoms with Crippen molar-refractivity contribution in [2.45, 2.75) is 0 Å². The Kier molecular flexibility index (Phi) is 3.57. The lowest BCUT2D eigenvalue weighted by Crippen LogP contribution is -1.95. The van der Waals surface area contributed by atoms with Gasteiger partial charge in [-0.15, -0.1) is 0 Å². The highest BCUT2D eigenvalue weighted by molar-refractivity contribution is 5.68. The molecular formula is C14H16N2O2. The summed E-state index contributed by atoms with van der Waals surface area (Å²) in [6.45, 7) is 0. The minimum Gasteiger partial charge on any atom is -0.497 e. The van der Waals surface area contributed by atoms with E-state index in [2.05, 4.69) is 5.32 Å². The number of hydrogen-bond donors (Lipinski definition) is 2. The van der Waals surface area contributed by atoms with Gasteiger partial charge in [0.15, 0.2) is 0 Å². The summed E-state index contributed by atoms with van der Waals surface area (Å²) >= 11 is 0. The summed E-state index contributed by atoms with van der Waals surface area (Å²) in [4.78, 5) is 0. The Hall–Kier alpha value is -2.36. The fourth-order valence-electron chi connectivity index (χ4n) is 1.62. The third-order valence-electron chi connectivity index (χ3n) is 2.60. The molecule has 0 atom stereocenters. The Bertz CT molecular complexity index is 524. The number of nitrogens with two attached hydrogens (primary N) is 1.